The summed E-state index contributed by atoms with van der Waals surface area (Å²) in [7, 11) is 0. The van der Waals surface area contributed by atoms with Crippen LogP contribution < -0.4 is 5.32 Å². The second kappa shape index (κ2) is 5.00. The van der Waals surface area contributed by atoms with Gasteiger partial charge in [-0.15, -0.1) is 0 Å². The van der Waals surface area contributed by atoms with Crippen molar-refractivity contribution in [2.45, 2.75) is 19.3 Å². The average Bonchev–Trinajstić information content (AvgIpc) is 2.42. The van der Waals surface area contributed by atoms with Crippen molar-refractivity contribution in [3.8, 4) is 5.75 Å². The molecule has 0 aliphatic heterocycles. The molecule has 2 N–H and O–H groups in total. The summed E-state index contributed by atoms with van der Waals surface area (Å²) in [5.74, 6) is 0.247. The molecule has 0 bridgehead atoms. The Morgan fingerprint density at radius 3 is 2.85 bits per heavy atom. The molecule has 2 aromatic carbocycles. The largest absolute Gasteiger partial charge is 0.507 e. The normalized spacial score (nSPS) is 16.1. The molecule has 2 aromatic rings. The number of aromatic hydroxyl groups is 1. The van der Waals surface area contributed by atoms with Gasteiger partial charge in [0, 0.05) is 12.5 Å². The zero-order valence-corrected chi connectivity index (χ0v) is 11.4. The van der Waals surface area contributed by atoms with E-state index in [0.29, 0.717) is 23.6 Å². The number of aryl methyl sites for hydroxylation is 1. The lowest BCUT2D eigenvalue weighted by Gasteiger charge is -2.30. The second-order valence-electron chi connectivity index (χ2n) is 5.28. The molecule has 1 atom stereocenters. The van der Waals surface area contributed by atoms with E-state index in [1.54, 1.807) is 25.1 Å². The zero-order valence-electron chi connectivity index (χ0n) is 11.4. The minimum Gasteiger partial charge on any atom is -0.507 e. The van der Waals surface area contributed by atoms with Gasteiger partial charge in [0.2, 0.25) is 0 Å². The molecular formula is C17H17NO2. The van der Waals surface area contributed by atoms with Crippen LogP contribution >= 0.6 is 0 Å². The number of nitrogens with one attached hydrogen (secondary N) is 1. The molecule has 3 heteroatoms. The van der Waals surface area contributed by atoms with Crippen LogP contribution in [0, 0.1) is 6.92 Å². The smallest absolute Gasteiger partial charge is 0.255 e. The van der Waals surface area contributed by atoms with Crippen LogP contribution in [0.2, 0.25) is 0 Å². The zero-order chi connectivity index (χ0) is 14.1. The quantitative estimate of drug-likeness (QED) is 0.898. The number of phenols is 1. The first-order valence-electron chi connectivity index (χ1n) is 6.81. The van der Waals surface area contributed by atoms with Crippen molar-refractivity contribution in [1.29, 1.82) is 0 Å². The van der Waals surface area contributed by atoms with Crippen LogP contribution in [-0.2, 0) is 6.42 Å². The third-order valence-corrected chi connectivity index (χ3v) is 3.95. The Labute approximate surface area is 118 Å². The fourth-order valence-electron chi connectivity index (χ4n) is 2.70. The summed E-state index contributed by atoms with van der Waals surface area (Å²) in [5.41, 5.74) is 3.75. The monoisotopic (exact) mass is 267 g/mol. The molecule has 102 valence electrons. The molecule has 0 saturated heterocycles. The minimum absolute atomic E-state index is 0.0685. The lowest BCUT2D eigenvalue weighted by molar-refractivity contribution is 0.0947. The third kappa shape index (κ3) is 2.16. The van der Waals surface area contributed by atoms with Crippen molar-refractivity contribution in [3.63, 3.8) is 0 Å². The molecule has 1 unspecified atom stereocenters. The van der Waals surface area contributed by atoms with Gasteiger partial charge in [0.25, 0.3) is 5.91 Å². The van der Waals surface area contributed by atoms with Crippen LogP contribution in [0.5, 0.6) is 5.75 Å². The van der Waals surface area contributed by atoms with E-state index < -0.39 is 0 Å². The molecule has 0 heterocycles. The Bertz CT molecular complexity index is 664. The van der Waals surface area contributed by atoms with E-state index in [2.05, 4.69) is 17.4 Å². The van der Waals surface area contributed by atoms with Crippen LogP contribution in [0.3, 0.4) is 0 Å². The highest BCUT2D eigenvalue weighted by Gasteiger charge is 2.25. The molecule has 0 radical (unpaired) electrons. The number of rotatable bonds is 3. The summed E-state index contributed by atoms with van der Waals surface area (Å²) in [6, 6.07) is 13.5. The molecular weight excluding hydrogens is 250 g/mol. The Hall–Kier alpha value is -2.29. The maximum absolute atomic E-state index is 12.1. The van der Waals surface area contributed by atoms with E-state index in [1.807, 2.05) is 12.1 Å². The van der Waals surface area contributed by atoms with Gasteiger partial charge in [0.1, 0.15) is 5.75 Å². The summed E-state index contributed by atoms with van der Waals surface area (Å²) >= 11 is 0. The number of amides is 1. The van der Waals surface area contributed by atoms with Gasteiger partial charge in [-0.1, -0.05) is 36.4 Å². The summed E-state index contributed by atoms with van der Waals surface area (Å²) in [6.45, 7) is 2.40. The van der Waals surface area contributed by atoms with Gasteiger partial charge in [-0.05, 0) is 36.1 Å². The highest BCUT2D eigenvalue weighted by molar-refractivity contribution is 5.97. The summed E-state index contributed by atoms with van der Waals surface area (Å²) in [4.78, 5) is 12.1. The first-order valence-corrected chi connectivity index (χ1v) is 6.81. The number of para-hydroxylation sites is 1. The number of carbonyl (C=O) groups excluding carboxylic acids is 1. The minimum atomic E-state index is -0.212. The number of phenolic OH excluding ortho intramolecular Hbond substituents is 1. The summed E-state index contributed by atoms with van der Waals surface area (Å²) in [6.07, 6.45) is 1.01. The van der Waals surface area contributed by atoms with Gasteiger partial charge in [-0.3, -0.25) is 4.79 Å². The van der Waals surface area contributed by atoms with Crippen molar-refractivity contribution in [3.05, 3.63) is 64.7 Å². The molecule has 0 aromatic heterocycles. The van der Waals surface area contributed by atoms with Crippen molar-refractivity contribution >= 4 is 5.91 Å². The molecule has 3 nitrogen and oxygen atoms in total. The standard InChI is InChI=1S/C17H17NO2/c1-11-5-4-8-15(16(11)19)17(20)18-10-13-9-12-6-2-3-7-14(12)13/h2-8,13,19H,9-10H2,1H3,(H,18,20). The second-order valence-corrected chi connectivity index (χ2v) is 5.28. The van der Waals surface area contributed by atoms with E-state index in [0.717, 1.165) is 6.42 Å². The fourth-order valence-corrected chi connectivity index (χ4v) is 2.70. The first-order chi connectivity index (χ1) is 9.66. The molecule has 20 heavy (non-hydrogen) atoms. The SMILES string of the molecule is Cc1cccc(C(=O)NCC2Cc3ccccc32)c1O. The number of benzene rings is 2. The first kappa shape index (κ1) is 12.7. The van der Waals surface area contributed by atoms with Gasteiger partial charge < -0.3 is 10.4 Å². The van der Waals surface area contributed by atoms with Crippen LogP contribution in [0.1, 0.15) is 33.0 Å². The Morgan fingerprint density at radius 1 is 1.25 bits per heavy atom. The topological polar surface area (TPSA) is 49.3 Å². The van der Waals surface area contributed by atoms with E-state index in [4.69, 9.17) is 0 Å². The number of hydrogen-bond donors (Lipinski definition) is 2. The van der Waals surface area contributed by atoms with Crippen LogP contribution in [0.25, 0.3) is 0 Å². The number of hydrogen-bond acceptors (Lipinski definition) is 2. The lowest BCUT2D eigenvalue weighted by atomic mass is 9.77. The highest BCUT2D eigenvalue weighted by atomic mass is 16.3. The highest BCUT2D eigenvalue weighted by Crippen LogP contribution is 2.34. The van der Waals surface area contributed by atoms with E-state index >= 15 is 0 Å². The number of carbonyl (C=O) groups is 1. The van der Waals surface area contributed by atoms with Crippen molar-refractivity contribution < 1.29 is 9.90 Å². The molecule has 3 rings (SSSR count). The maximum Gasteiger partial charge on any atom is 0.255 e. The summed E-state index contributed by atoms with van der Waals surface area (Å²) in [5, 5.41) is 12.8. The van der Waals surface area contributed by atoms with Crippen LogP contribution in [0.4, 0.5) is 0 Å². The molecule has 0 fully saturated rings. The van der Waals surface area contributed by atoms with E-state index in [1.165, 1.54) is 11.1 Å². The average molecular weight is 267 g/mol. The summed E-state index contributed by atoms with van der Waals surface area (Å²) < 4.78 is 0. The lowest BCUT2D eigenvalue weighted by Crippen LogP contribution is -2.33. The van der Waals surface area contributed by atoms with Crippen molar-refractivity contribution in [2.75, 3.05) is 6.54 Å². The van der Waals surface area contributed by atoms with Gasteiger partial charge in [0.15, 0.2) is 0 Å². The van der Waals surface area contributed by atoms with Crippen molar-refractivity contribution in [1.82, 2.24) is 5.32 Å². The Balaban J connectivity index is 1.65. The third-order valence-electron chi connectivity index (χ3n) is 3.95. The fraction of sp³-hybridized carbons (Fsp3) is 0.235. The van der Waals surface area contributed by atoms with Gasteiger partial charge in [0.05, 0.1) is 5.56 Å². The van der Waals surface area contributed by atoms with Crippen LogP contribution in [-0.4, -0.2) is 17.6 Å². The van der Waals surface area contributed by atoms with Gasteiger partial charge >= 0.3 is 0 Å². The van der Waals surface area contributed by atoms with Gasteiger partial charge in [-0.25, -0.2) is 0 Å². The van der Waals surface area contributed by atoms with E-state index in [-0.39, 0.29) is 11.7 Å². The molecule has 1 aliphatic carbocycles. The van der Waals surface area contributed by atoms with Crippen molar-refractivity contribution in [2.24, 2.45) is 0 Å². The maximum atomic E-state index is 12.1. The molecule has 0 spiro atoms. The Morgan fingerprint density at radius 2 is 2.05 bits per heavy atom. The predicted octanol–water partition coefficient (Wildman–Crippen LogP) is 2.77. The van der Waals surface area contributed by atoms with E-state index in [9.17, 15) is 9.90 Å². The Kier molecular flexibility index (Phi) is 3.18. The van der Waals surface area contributed by atoms with Crippen LogP contribution in [0.15, 0.2) is 42.5 Å². The van der Waals surface area contributed by atoms with Gasteiger partial charge in [-0.2, -0.15) is 0 Å². The molecule has 1 aliphatic rings. The molecule has 0 saturated carbocycles. The predicted molar refractivity (Wildman–Crippen MR) is 78.1 cm³/mol. The number of fused-ring (bicyclic) bond motifs is 1. The molecule has 1 amide bonds.